The number of ether oxygens (including phenoxy) is 2. The van der Waals surface area contributed by atoms with Crippen molar-refractivity contribution in [3.8, 4) is 5.88 Å². The molecule has 1 aromatic heterocycles. The van der Waals surface area contributed by atoms with Crippen LogP contribution in [0.5, 0.6) is 5.88 Å². The Kier molecular flexibility index (Phi) is 7.57. The quantitative estimate of drug-likeness (QED) is 0.435. The predicted octanol–water partition coefficient (Wildman–Crippen LogP) is 3.61. The minimum atomic E-state index is -0.716. The summed E-state index contributed by atoms with van der Waals surface area (Å²) < 4.78 is 13.2. The molecule has 4 aliphatic rings. The molecule has 0 aromatic carbocycles. The van der Waals surface area contributed by atoms with E-state index < -0.39 is 17.2 Å². The zero-order chi connectivity index (χ0) is 27.0. The van der Waals surface area contributed by atoms with Crippen LogP contribution in [-0.4, -0.2) is 51.0 Å². The molecule has 10 heteroatoms. The van der Waals surface area contributed by atoms with Gasteiger partial charge in [0.15, 0.2) is 0 Å². The molecule has 0 saturated heterocycles. The lowest BCUT2D eigenvalue weighted by Gasteiger charge is -2.58. The van der Waals surface area contributed by atoms with E-state index in [-0.39, 0.29) is 35.8 Å². The molecule has 10 nitrogen and oxygen atoms in total. The zero-order valence-electron chi connectivity index (χ0n) is 22.6. The molecule has 4 aliphatic carbocycles. The highest BCUT2D eigenvalue weighted by Gasteiger charge is 2.57. The molecule has 4 bridgehead atoms. The monoisotopic (exact) mass is 515 g/mol. The van der Waals surface area contributed by atoms with E-state index in [1.807, 2.05) is 40.7 Å². The lowest BCUT2D eigenvalue weighted by atomic mass is 9.52. The SMILES string of the molecule is CCCC(=O)NC(C)(C)/C=C/n1ncc(C(=O)NC2C3CC4CC2CC(OC(N)=O)(C4)C3)c1OC(C)C. The first kappa shape index (κ1) is 27.0. The van der Waals surface area contributed by atoms with Gasteiger partial charge in [0.25, 0.3) is 5.91 Å². The summed E-state index contributed by atoms with van der Waals surface area (Å²) in [7, 11) is 0. The number of primary amides is 1. The summed E-state index contributed by atoms with van der Waals surface area (Å²) in [6.45, 7) is 9.56. The van der Waals surface area contributed by atoms with Crippen molar-refractivity contribution in [3.63, 3.8) is 0 Å². The Labute approximate surface area is 218 Å². The lowest BCUT2D eigenvalue weighted by Crippen LogP contribution is -2.63. The number of aromatic nitrogens is 2. The van der Waals surface area contributed by atoms with E-state index in [1.165, 1.54) is 10.9 Å². The van der Waals surface area contributed by atoms with Crippen molar-refractivity contribution in [2.75, 3.05) is 0 Å². The molecule has 0 radical (unpaired) electrons. The fraction of sp³-hybridized carbons (Fsp3) is 0.704. The second-order valence-electron chi connectivity index (χ2n) is 11.9. The van der Waals surface area contributed by atoms with E-state index in [1.54, 1.807) is 6.20 Å². The Morgan fingerprint density at radius 1 is 1.24 bits per heavy atom. The van der Waals surface area contributed by atoms with Crippen molar-refractivity contribution in [2.45, 2.75) is 103 Å². The molecule has 1 heterocycles. The lowest BCUT2D eigenvalue weighted by molar-refractivity contribution is -0.137. The van der Waals surface area contributed by atoms with Crippen molar-refractivity contribution in [1.82, 2.24) is 20.4 Å². The average molecular weight is 516 g/mol. The largest absolute Gasteiger partial charge is 0.474 e. The number of hydrogen-bond donors (Lipinski definition) is 3. The summed E-state index contributed by atoms with van der Waals surface area (Å²) in [5.74, 6) is 1.09. The Morgan fingerprint density at radius 3 is 2.51 bits per heavy atom. The van der Waals surface area contributed by atoms with Gasteiger partial charge in [-0.05, 0) is 90.0 Å². The Bertz CT molecular complexity index is 1050. The van der Waals surface area contributed by atoms with Crippen LogP contribution in [0.1, 0.15) is 89.9 Å². The number of nitrogens with two attached hydrogens (primary N) is 1. The molecule has 4 N–H and O–H groups in total. The number of carbonyl (C=O) groups is 3. The summed E-state index contributed by atoms with van der Waals surface area (Å²) in [6, 6.07) is 0.00662. The third-order valence-corrected chi connectivity index (χ3v) is 7.74. The van der Waals surface area contributed by atoms with Gasteiger partial charge in [-0.15, -0.1) is 0 Å². The van der Waals surface area contributed by atoms with Gasteiger partial charge in [0, 0.05) is 18.7 Å². The number of rotatable bonds is 10. The molecule has 2 atom stereocenters. The van der Waals surface area contributed by atoms with E-state index in [0.717, 1.165) is 38.5 Å². The van der Waals surface area contributed by atoms with Crippen molar-refractivity contribution in [3.05, 3.63) is 17.8 Å². The predicted molar refractivity (Wildman–Crippen MR) is 139 cm³/mol. The molecular formula is C27H41N5O5. The van der Waals surface area contributed by atoms with Crippen LogP contribution < -0.4 is 21.1 Å². The number of amides is 3. The van der Waals surface area contributed by atoms with E-state index >= 15 is 0 Å². The van der Waals surface area contributed by atoms with Gasteiger partial charge in [-0.25, -0.2) is 9.48 Å². The topological polar surface area (TPSA) is 138 Å². The summed E-state index contributed by atoms with van der Waals surface area (Å²) >= 11 is 0. The summed E-state index contributed by atoms with van der Waals surface area (Å²) in [5, 5.41) is 10.6. The number of carbonyl (C=O) groups excluding carboxylic acids is 3. The van der Waals surface area contributed by atoms with E-state index in [2.05, 4.69) is 15.7 Å². The van der Waals surface area contributed by atoms with Crippen LogP contribution in [0.2, 0.25) is 0 Å². The van der Waals surface area contributed by atoms with Gasteiger partial charge in [0.05, 0.1) is 17.8 Å². The van der Waals surface area contributed by atoms with Crippen LogP contribution in [0.3, 0.4) is 0 Å². The molecule has 5 rings (SSSR count). The highest BCUT2D eigenvalue weighted by molar-refractivity contribution is 5.96. The molecule has 4 saturated carbocycles. The van der Waals surface area contributed by atoms with Crippen molar-refractivity contribution in [2.24, 2.45) is 23.5 Å². The molecule has 0 spiro atoms. The highest BCUT2D eigenvalue weighted by Crippen LogP contribution is 2.57. The van der Waals surface area contributed by atoms with Crippen LogP contribution in [0.25, 0.3) is 6.20 Å². The molecule has 204 valence electrons. The molecule has 2 unspecified atom stereocenters. The smallest absolute Gasteiger partial charge is 0.405 e. The summed E-state index contributed by atoms with van der Waals surface area (Å²) in [5.41, 5.74) is 4.66. The molecule has 0 aliphatic heterocycles. The fourth-order valence-corrected chi connectivity index (χ4v) is 6.65. The maximum atomic E-state index is 13.5. The van der Waals surface area contributed by atoms with Crippen LogP contribution in [0.15, 0.2) is 12.3 Å². The normalized spacial score (nSPS) is 28.5. The molecular weight excluding hydrogens is 474 g/mol. The zero-order valence-corrected chi connectivity index (χ0v) is 22.6. The highest BCUT2D eigenvalue weighted by atomic mass is 16.6. The van der Waals surface area contributed by atoms with Gasteiger partial charge >= 0.3 is 6.09 Å². The minimum absolute atomic E-state index is 0.00662. The van der Waals surface area contributed by atoms with Crippen LogP contribution in [0, 0.1) is 17.8 Å². The molecule has 4 fully saturated rings. The van der Waals surface area contributed by atoms with Crippen LogP contribution in [0.4, 0.5) is 4.79 Å². The maximum absolute atomic E-state index is 13.5. The third-order valence-electron chi connectivity index (χ3n) is 7.74. The second kappa shape index (κ2) is 10.4. The van der Waals surface area contributed by atoms with Crippen molar-refractivity contribution < 1.29 is 23.9 Å². The first-order chi connectivity index (χ1) is 17.4. The Hall–Kier alpha value is -3.04. The van der Waals surface area contributed by atoms with Gasteiger partial charge in [-0.2, -0.15) is 5.10 Å². The van der Waals surface area contributed by atoms with Gasteiger partial charge < -0.3 is 25.8 Å². The summed E-state index contributed by atoms with van der Waals surface area (Å²) in [6.07, 6.45) is 9.77. The van der Waals surface area contributed by atoms with Crippen molar-refractivity contribution >= 4 is 24.1 Å². The number of nitrogens with zero attached hydrogens (tertiary/aromatic N) is 2. The van der Waals surface area contributed by atoms with Crippen molar-refractivity contribution in [1.29, 1.82) is 0 Å². The first-order valence-corrected chi connectivity index (χ1v) is 13.4. The van der Waals surface area contributed by atoms with Gasteiger partial charge in [-0.3, -0.25) is 9.59 Å². The first-order valence-electron chi connectivity index (χ1n) is 13.4. The Balaban J connectivity index is 1.50. The van der Waals surface area contributed by atoms with Gasteiger partial charge in [-0.1, -0.05) is 6.92 Å². The average Bonchev–Trinajstić information content (AvgIpc) is 3.15. The molecule has 1 aromatic rings. The minimum Gasteiger partial charge on any atom is -0.474 e. The van der Waals surface area contributed by atoms with Gasteiger partial charge in [0.1, 0.15) is 11.2 Å². The van der Waals surface area contributed by atoms with Gasteiger partial charge in [0.2, 0.25) is 11.8 Å². The fourth-order valence-electron chi connectivity index (χ4n) is 6.65. The van der Waals surface area contributed by atoms with E-state index in [0.29, 0.717) is 23.8 Å². The van der Waals surface area contributed by atoms with Crippen LogP contribution >= 0.6 is 0 Å². The van der Waals surface area contributed by atoms with E-state index in [9.17, 15) is 14.4 Å². The number of nitrogens with one attached hydrogen (secondary N) is 2. The van der Waals surface area contributed by atoms with E-state index in [4.69, 9.17) is 15.2 Å². The standard InChI is InChI=1S/C27H41N5O5/c1-6-7-21(33)31-26(4,5)8-9-32-24(36-16(2)3)20(15-29-32)23(34)30-22-18-10-17-11-19(22)14-27(12-17,13-18)37-25(28)35/h8-9,15-19,22H,6-7,10-14H2,1-5H3,(H2,28,35)(H,30,34)(H,31,33)/b9-8+. The maximum Gasteiger partial charge on any atom is 0.405 e. The Morgan fingerprint density at radius 2 is 1.92 bits per heavy atom. The van der Waals surface area contributed by atoms with Crippen LogP contribution in [-0.2, 0) is 9.53 Å². The summed E-state index contributed by atoms with van der Waals surface area (Å²) in [4.78, 5) is 37.1. The third kappa shape index (κ3) is 6.10. The molecule has 37 heavy (non-hydrogen) atoms. The number of hydrogen-bond acceptors (Lipinski definition) is 6. The molecule has 3 amide bonds. The second-order valence-corrected chi connectivity index (χ2v) is 11.9.